The van der Waals surface area contributed by atoms with Crippen molar-refractivity contribution in [3.63, 3.8) is 0 Å². The van der Waals surface area contributed by atoms with Crippen LogP contribution in [0.25, 0.3) is 102 Å². The molecule has 5 N–H and O–H groups in total. The molecule has 9 heteroatoms. The third kappa shape index (κ3) is 6.83. The van der Waals surface area contributed by atoms with Crippen LogP contribution in [0.3, 0.4) is 0 Å². The van der Waals surface area contributed by atoms with Gasteiger partial charge in [-0.25, -0.2) is 14.8 Å². The van der Waals surface area contributed by atoms with Crippen molar-refractivity contribution in [3.05, 3.63) is 216 Å². The van der Waals surface area contributed by atoms with Gasteiger partial charge in [-0.3, -0.25) is 0 Å². The number of H-pyrrole nitrogens is 5. The van der Waals surface area contributed by atoms with Crippen LogP contribution < -0.4 is 0 Å². The second-order valence-corrected chi connectivity index (χ2v) is 16.6. The Hall–Kier alpha value is -8.95. The van der Waals surface area contributed by atoms with Crippen LogP contribution in [0.15, 0.2) is 170 Å². The van der Waals surface area contributed by atoms with Gasteiger partial charge in [0.2, 0.25) is 0 Å². The van der Waals surface area contributed by atoms with Crippen molar-refractivity contribution in [1.29, 1.82) is 0 Å². The van der Waals surface area contributed by atoms with Gasteiger partial charge in [0.15, 0.2) is 0 Å². The van der Waals surface area contributed by atoms with E-state index in [-0.39, 0.29) is 12.5 Å². The van der Waals surface area contributed by atoms with Crippen LogP contribution in [0.4, 0.5) is 0 Å². The summed E-state index contributed by atoms with van der Waals surface area (Å²) in [6, 6.07) is 53.9. The fraction of sp³-hybridized carbons (Fsp3) is 0.0517. The number of esters is 1. The van der Waals surface area contributed by atoms with Crippen LogP contribution in [-0.2, 0) is 4.74 Å². The number of rotatable bonds is 9. The second-order valence-electron chi connectivity index (χ2n) is 16.6. The van der Waals surface area contributed by atoms with Gasteiger partial charge in [0.05, 0.1) is 46.3 Å². The summed E-state index contributed by atoms with van der Waals surface area (Å²) < 4.78 is 5.93. The monoisotopic (exact) mass is 869 g/mol. The van der Waals surface area contributed by atoms with Crippen molar-refractivity contribution >= 4 is 63.1 Å². The SMILES string of the molecule is CCOC(=O)c1[nH]c(C(c2ccc[nH]2)c2ccc[nH]2)c2c3[nH]c(c(-c4ccccc4)c4nc(c(-c5ccccc5)c5ccc([nH]5)c(-c5ccccc5)c5nc(c3-c3ccccc3)C=C5)C=C4)c12. The first-order valence-corrected chi connectivity index (χ1v) is 22.5. The quantitative estimate of drug-likeness (QED) is 0.0925. The van der Waals surface area contributed by atoms with Crippen LogP contribution in [0.5, 0.6) is 0 Å². The molecule has 0 spiro atoms. The van der Waals surface area contributed by atoms with Crippen LogP contribution in [0.1, 0.15) is 63.2 Å². The molecule has 6 aromatic heterocycles. The van der Waals surface area contributed by atoms with Crippen molar-refractivity contribution in [2.75, 3.05) is 6.61 Å². The first-order valence-electron chi connectivity index (χ1n) is 22.5. The van der Waals surface area contributed by atoms with E-state index in [0.717, 1.165) is 112 Å². The molecule has 0 aliphatic carbocycles. The third-order valence-corrected chi connectivity index (χ3v) is 12.7. The van der Waals surface area contributed by atoms with E-state index in [0.29, 0.717) is 11.1 Å². The Balaban J connectivity index is 1.37. The number of hydrogen-bond acceptors (Lipinski definition) is 4. The highest BCUT2D eigenvalue weighted by atomic mass is 16.5. The molecule has 10 aromatic rings. The number of carbonyl (C=O) groups excluding carboxylic acids is 1. The molecular formula is C58H43N7O2. The van der Waals surface area contributed by atoms with Crippen LogP contribution >= 0.6 is 0 Å². The van der Waals surface area contributed by atoms with E-state index in [1.165, 1.54) is 0 Å². The van der Waals surface area contributed by atoms with Gasteiger partial charge in [0, 0.05) is 73.5 Å². The molecule has 0 fully saturated rings. The summed E-state index contributed by atoms with van der Waals surface area (Å²) in [4.78, 5) is 44.4. The van der Waals surface area contributed by atoms with E-state index in [2.05, 4.69) is 158 Å². The highest BCUT2D eigenvalue weighted by Gasteiger charge is 2.32. The fourth-order valence-corrected chi connectivity index (χ4v) is 9.86. The molecule has 0 saturated heterocycles. The Morgan fingerprint density at radius 2 is 0.896 bits per heavy atom. The van der Waals surface area contributed by atoms with Crippen molar-refractivity contribution < 1.29 is 9.53 Å². The molecule has 4 aromatic carbocycles. The number of hydrogen-bond donors (Lipinski definition) is 5. The molecule has 0 radical (unpaired) electrons. The molecule has 9 nitrogen and oxygen atoms in total. The van der Waals surface area contributed by atoms with Gasteiger partial charge < -0.3 is 29.7 Å². The van der Waals surface area contributed by atoms with Gasteiger partial charge in [-0.05, 0) is 89.9 Å². The molecule has 2 aliphatic rings. The third-order valence-electron chi connectivity index (χ3n) is 12.7. The average molecular weight is 870 g/mol. The zero-order valence-electron chi connectivity index (χ0n) is 36.5. The van der Waals surface area contributed by atoms with E-state index in [1.54, 1.807) is 0 Å². The summed E-state index contributed by atoms with van der Waals surface area (Å²) in [5.74, 6) is -0.838. The fourth-order valence-electron chi connectivity index (χ4n) is 9.86. The number of ether oxygens (including phenoxy) is 1. The Bertz CT molecular complexity index is 3660. The molecule has 2 aliphatic heterocycles. The summed E-state index contributed by atoms with van der Waals surface area (Å²) in [6.45, 7) is 2.03. The summed E-state index contributed by atoms with van der Waals surface area (Å²) in [7, 11) is 0. The van der Waals surface area contributed by atoms with Gasteiger partial charge in [0.25, 0.3) is 0 Å². The van der Waals surface area contributed by atoms with Crippen LogP contribution in [0.2, 0.25) is 0 Å². The van der Waals surface area contributed by atoms with E-state index in [4.69, 9.17) is 14.7 Å². The number of nitrogens with zero attached hydrogens (tertiary/aromatic N) is 2. The zero-order chi connectivity index (χ0) is 44.8. The number of nitrogens with one attached hydrogen (secondary N) is 5. The van der Waals surface area contributed by atoms with E-state index >= 15 is 0 Å². The number of aromatic nitrogens is 7. The number of carbonyl (C=O) groups is 1. The zero-order valence-corrected chi connectivity index (χ0v) is 36.5. The predicted molar refractivity (Wildman–Crippen MR) is 271 cm³/mol. The largest absolute Gasteiger partial charge is 0.461 e. The lowest BCUT2D eigenvalue weighted by Gasteiger charge is -2.15. The minimum atomic E-state index is -0.462. The normalized spacial score (nSPS) is 12.1. The van der Waals surface area contributed by atoms with Crippen molar-refractivity contribution in [2.45, 2.75) is 12.8 Å². The van der Waals surface area contributed by atoms with Gasteiger partial charge in [0.1, 0.15) is 5.69 Å². The summed E-state index contributed by atoms with van der Waals surface area (Å²) in [6.07, 6.45) is 12.3. The van der Waals surface area contributed by atoms with E-state index < -0.39 is 5.97 Å². The number of aromatic amines is 5. The topological polar surface area (TPSA) is 131 Å². The van der Waals surface area contributed by atoms with Crippen molar-refractivity contribution in [2.24, 2.45) is 0 Å². The Labute approximate surface area is 385 Å². The molecule has 0 atom stereocenters. The molecule has 322 valence electrons. The minimum Gasteiger partial charge on any atom is -0.461 e. The number of benzene rings is 4. The molecule has 0 unspecified atom stereocenters. The highest BCUT2D eigenvalue weighted by molar-refractivity contribution is 6.23. The van der Waals surface area contributed by atoms with Gasteiger partial charge in [-0.1, -0.05) is 121 Å². The van der Waals surface area contributed by atoms with Gasteiger partial charge in [-0.15, -0.1) is 0 Å². The first-order chi connectivity index (χ1) is 33.1. The molecule has 8 bridgehead atoms. The summed E-state index contributed by atoms with van der Waals surface area (Å²) in [5, 5.41) is 1.52. The lowest BCUT2D eigenvalue weighted by Crippen LogP contribution is -2.08. The standard InChI is InChI=1S/C58H43N7O2/c1-2-67-58(66)57-53-52(56(65-57)51(39-25-15-33-59-39)40-26-16-34-60-40)54-49(37-21-11-5-12-22-37)45-31-29-43(62-45)47(35-17-7-3-8-18-35)41-27-28-42(61-41)48(36-19-9-4-10-20-36)44-30-32-46(63-44)50(55(53)64-54)38-23-13-6-14-24-38/h3-34,51,59-61,64-65H,2H2,1H3. The molecule has 0 saturated carbocycles. The predicted octanol–water partition coefficient (Wildman–Crippen LogP) is 13.8. The van der Waals surface area contributed by atoms with Crippen molar-refractivity contribution in [1.82, 2.24) is 34.9 Å². The lowest BCUT2D eigenvalue weighted by atomic mass is 9.93. The first kappa shape index (κ1) is 39.6. The Morgan fingerprint density at radius 1 is 0.478 bits per heavy atom. The minimum absolute atomic E-state index is 0.196. The molecule has 12 rings (SSSR count). The summed E-state index contributed by atoms with van der Waals surface area (Å²) in [5.41, 5.74) is 17.0. The smallest absolute Gasteiger partial charge is 0.355 e. The number of fused-ring (bicyclic) bond motifs is 11. The van der Waals surface area contributed by atoms with Crippen LogP contribution in [0, 0.1) is 0 Å². The van der Waals surface area contributed by atoms with Gasteiger partial charge >= 0.3 is 5.97 Å². The summed E-state index contributed by atoms with van der Waals surface area (Å²) >= 11 is 0. The average Bonchev–Trinajstić information content (AvgIpc) is 4.23. The maximum atomic E-state index is 14.7. The maximum absolute atomic E-state index is 14.7. The Kier molecular flexibility index (Phi) is 9.79. The molecule has 0 amide bonds. The highest BCUT2D eigenvalue weighted by Crippen LogP contribution is 2.46. The van der Waals surface area contributed by atoms with Gasteiger partial charge in [-0.2, -0.15) is 0 Å². The lowest BCUT2D eigenvalue weighted by molar-refractivity contribution is 0.0522. The second kappa shape index (κ2) is 16.6. The van der Waals surface area contributed by atoms with E-state index in [9.17, 15) is 4.79 Å². The molecular weight excluding hydrogens is 827 g/mol. The maximum Gasteiger partial charge on any atom is 0.355 e. The molecule has 67 heavy (non-hydrogen) atoms. The molecule has 8 heterocycles. The van der Waals surface area contributed by atoms with Crippen LogP contribution in [-0.4, -0.2) is 47.5 Å². The van der Waals surface area contributed by atoms with E-state index in [1.807, 2.05) is 67.8 Å². The Morgan fingerprint density at radius 3 is 1.31 bits per heavy atom. The van der Waals surface area contributed by atoms with Crippen molar-refractivity contribution in [3.8, 4) is 44.5 Å².